The predicted molar refractivity (Wildman–Crippen MR) is 114 cm³/mol. The number of carbonyl (C=O) groups is 1. The van der Waals surface area contributed by atoms with Gasteiger partial charge in [-0.2, -0.15) is 0 Å². The van der Waals surface area contributed by atoms with E-state index in [0.29, 0.717) is 27.9 Å². The van der Waals surface area contributed by atoms with Gasteiger partial charge in [-0.25, -0.2) is 4.90 Å². The first-order chi connectivity index (χ1) is 14.0. The van der Waals surface area contributed by atoms with Crippen LogP contribution in [0.4, 0.5) is 5.69 Å². The Morgan fingerprint density at radius 3 is 2.76 bits per heavy atom. The molecular weight excluding hydrogens is 456 g/mol. The van der Waals surface area contributed by atoms with E-state index in [0.717, 1.165) is 10.0 Å². The van der Waals surface area contributed by atoms with Crippen LogP contribution in [0.1, 0.15) is 18.7 Å². The Bertz CT molecular complexity index is 1180. The Balaban J connectivity index is 2.11. The Kier molecular flexibility index (Phi) is 5.18. The van der Waals surface area contributed by atoms with Crippen molar-refractivity contribution in [2.45, 2.75) is 18.2 Å². The summed E-state index contributed by atoms with van der Waals surface area (Å²) in [5, 5.41) is 5.11. The van der Waals surface area contributed by atoms with Gasteiger partial charge in [0, 0.05) is 16.5 Å². The first-order valence-corrected chi connectivity index (χ1v) is 10.8. The summed E-state index contributed by atoms with van der Waals surface area (Å²) in [5.74, 6) is 0.478. The number of para-hydroxylation sites is 1. The second-order valence-electron chi connectivity index (χ2n) is 6.42. The highest BCUT2D eigenvalue weighted by molar-refractivity contribution is 9.10. The van der Waals surface area contributed by atoms with Crippen molar-refractivity contribution in [3.05, 3.63) is 62.9 Å². The second-order valence-corrected chi connectivity index (χ2v) is 8.07. The molecule has 0 saturated carbocycles. The predicted octanol–water partition coefficient (Wildman–Crippen LogP) is 3.13. The molecule has 0 radical (unpaired) electrons. The van der Waals surface area contributed by atoms with Crippen molar-refractivity contribution in [1.29, 1.82) is 0 Å². The fourth-order valence-electron chi connectivity index (χ4n) is 3.53. The van der Waals surface area contributed by atoms with Crippen molar-refractivity contribution in [3.63, 3.8) is 0 Å². The molecule has 0 bridgehead atoms. The van der Waals surface area contributed by atoms with Gasteiger partial charge in [0.1, 0.15) is 5.75 Å². The maximum atomic E-state index is 13.0. The topological polar surface area (TPSA) is 79.2 Å². The number of methoxy groups -OCH3 is 1. The van der Waals surface area contributed by atoms with Crippen LogP contribution in [0.5, 0.6) is 5.75 Å². The number of carbonyl (C=O) groups excluding carboxylic acids is 1. The van der Waals surface area contributed by atoms with Gasteiger partial charge in [0.25, 0.3) is 6.17 Å². The number of nitrogens with one attached hydrogen (secondary N) is 1. The third-order valence-electron chi connectivity index (χ3n) is 4.77. The lowest BCUT2D eigenvalue weighted by molar-refractivity contribution is -0.763. The number of aromatic nitrogens is 3. The number of nitrogens with zero attached hydrogens (tertiary/aromatic N) is 3. The molecule has 1 aliphatic rings. The number of thioether (sulfide) groups is 1. The summed E-state index contributed by atoms with van der Waals surface area (Å²) in [5.41, 5.74) is 2.20. The standard InChI is InChI=1S/C20H17BrN4O3S/c1-11(26)24-16-7-5-4-6-13(16)17-18(27)22-20(29-3)23-25(17)19(24)14-10-12(28-2)8-9-15(14)21/h4-10,19H,1-3H3/p+1. The van der Waals surface area contributed by atoms with E-state index in [9.17, 15) is 9.59 Å². The minimum Gasteiger partial charge on any atom is -0.497 e. The monoisotopic (exact) mass is 473 g/mol. The normalized spacial score (nSPS) is 14.9. The van der Waals surface area contributed by atoms with Gasteiger partial charge in [0.2, 0.25) is 11.1 Å². The summed E-state index contributed by atoms with van der Waals surface area (Å²) in [6, 6.07) is 12.9. The van der Waals surface area contributed by atoms with Crippen LogP contribution in [0.2, 0.25) is 0 Å². The molecule has 1 atom stereocenters. The van der Waals surface area contributed by atoms with Crippen LogP contribution in [-0.4, -0.2) is 29.4 Å². The molecular formula is C20H18BrN4O3S+. The molecule has 7 nitrogen and oxygen atoms in total. The molecule has 148 valence electrons. The first-order valence-electron chi connectivity index (χ1n) is 8.79. The molecule has 1 N–H and O–H groups in total. The first kappa shape index (κ1) is 19.7. The average molecular weight is 474 g/mol. The molecule has 0 saturated heterocycles. The molecule has 1 aromatic heterocycles. The summed E-state index contributed by atoms with van der Waals surface area (Å²) in [6.45, 7) is 1.51. The molecule has 1 aliphatic heterocycles. The Hall–Kier alpha value is -2.65. The minimum absolute atomic E-state index is 0.164. The fourth-order valence-corrected chi connectivity index (χ4v) is 4.35. The van der Waals surface area contributed by atoms with Crippen LogP contribution < -0.4 is 19.9 Å². The molecule has 1 amide bonds. The van der Waals surface area contributed by atoms with E-state index in [1.165, 1.54) is 18.7 Å². The number of fused-ring (bicyclic) bond motifs is 3. The quantitative estimate of drug-likeness (QED) is 0.466. The fraction of sp³-hybridized carbons (Fsp3) is 0.200. The number of benzene rings is 2. The third-order valence-corrected chi connectivity index (χ3v) is 6.06. The van der Waals surface area contributed by atoms with E-state index in [4.69, 9.17) is 4.74 Å². The molecule has 3 aromatic rings. The van der Waals surface area contributed by atoms with Gasteiger partial charge >= 0.3 is 11.3 Å². The van der Waals surface area contributed by atoms with Crippen molar-refractivity contribution in [1.82, 2.24) is 10.1 Å². The molecule has 0 spiro atoms. The van der Waals surface area contributed by atoms with Crippen LogP contribution in [0.3, 0.4) is 0 Å². The summed E-state index contributed by atoms with van der Waals surface area (Å²) in [7, 11) is 1.59. The maximum Gasteiger partial charge on any atom is 0.325 e. The zero-order valence-corrected chi connectivity index (χ0v) is 18.4. The molecule has 0 fully saturated rings. The molecule has 1 unspecified atom stereocenters. The van der Waals surface area contributed by atoms with Crippen molar-refractivity contribution in [3.8, 4) is 17.0 Å². The van der Waals surface area contributed by atoms with Crippen molar-refractivity contribution in [2.24, 2.45) is 0 Å². The van der Waals surface area contributed by atoms with Gasteiger partial charge in [-0.15, -0.1) is 0 Å². The van der Waals surface area contributed by atoms with Crippen molar-refractivity contribution >= 4 is 39.3 Å². The Morgan fingerprint density at radius 1 is 1.31 bits per heavy atom. The molecule has 9 heteroatoms. The highest BCUT2D eigenvalue weighted by Crippen LogP contribution is 2.39. The Morgan fingerprint density at radius 2 is 2.07 bits per heavy atom. The zero-order chi connectivity index (χ0) is 20.7. The number of rotatable bonds is 3. The molecule has 0 aliphatic carbocycles. The number of hydrogen-bond donors (Lipinski definition) is 1. The third kappa shape index (κ3) is 3.24. The summed E-state index contributed by atoms with van der Waals surface area (Å²) < 4.78 is 7.79. The van der Waals surface area contributed by atoms with Gasteiger partial charge in [-0.1, -0.05) is 39.8 Å². The lowest BCUT2D eigenvalue weighted by atomic mass is 10.0. The highest BCUT2D eigenvalue weighted by atomic mass is 79.9. The van der Waals surface area contributed by atoms with E-state index >= 15 is 0 Å². The van der Waals surface area contributed by atoms with Crippen LogP contribution in [0.15, 0.2) is 56.9 Å². The van der Waals surface area contributed by atoms with Crippen LogP contribution >= 0.6 is 27.7 Å². The number of aromatic amines is 1. The van der Waals surface area contributed by atoms with Crippen molar-refractivity contribution in [2.75, 3.05) is 18.3 Å². The van der Waals surface area contributed by atoms with E-state index in [2.05, 4.69) is 26.0 Å². The van der Waals surface area contributed by atoms with Gasteiger partial charge < -0.3 is 4.74 Å². The lowest BCUT2D eigenvalue weighted by Gasteiger charge is -2.31. The zero-order valence-electron chi connectivity index (χ0n) is 16.0. The van der Waals surface area contributed by atoms with Gasteiger partial charge in [0.05, 0.1) is 23.9 Å². The summed E-state index contributed by atoms with van der Waals surface area (Å²) >= 11 is 4.92. The number of ether oxygens (including phenoxy) is 1. The number of H-pyrrole nitrogens is 1. The number of anilines is 1. The minimum atomic E-state index is -0.657. The van der Waals surface area contributed by atoms with E-state index in [-0.39, 0.29) is 11.5 Å². The number of amides is 1. The lowest BCUT2D eigenvalue weighted by Crippen LogP contribution is -2.60. The molecule has 2 heterocycles. The summed E-state index contributed by atoms with van der Waals surface area (Å²) in [6.07, 6.45) is 1.18. The van der Waals surface area contributed by atoms with Crippen LogP contribution in [0.25, 0.3) is 11.3 Å². The number of halogens is 1. The van der Waals surface area contributed by atoms with E-state index in [1.807, 2.05) is 48.7 Å². The number of hydrogen-bond acceptors (Lipinski definition) is 5. The molecule has 2 aromatic carbocycles. The van der Waals surface area contributed by atoms with Crippen molar-refractivity contribution < 1.29 is 14.2 Å². The highest BCUT2D eigenvalue weighted by Gasteiger charge is 2.45. The summed E-state index contributed by atoms with van der Waals surface area (Å²) in [4.78, 5) is 30.3. The van der Waals surface area contributed by atoms with Gasteiger partial charge in [0.15, 0.2) is 0 Å². The average Bonchev–Trinajstić information content (AvgIpc) is 2.72. The second kappa shape index (κ2) is 7.64. The van der Waals surface area contributed by atoms with E-state index in [1.54, 1.807) is 16.7 Å². The molecule has 4 rings (SSSR count). The maximum absolute atomic E-state index is 13.0. The van der Waals surface area contributed by atoms with E-state index < -0.39 is 6.17 Å². The largest absolute Gasteiger partial charge is 0.497 e. The van der Waals surface area contributed by atoms with Gasteiger partial charge in [-0.3, -0.25) is 14.6 Å². The smallest absolute Gasteiger partial charge is 0.325 e. The van der Waals surface area contributed by atoms with Crippen LogP contribution in [-0.2, 0) is 4.79 Å². The molecule has 29 heavy (non-hydrogen) atoms. The Labute approximate surface area is 179 Å². The van der Waals surface area contributed by atoms with Gasteiger partial charge in [-0.05, 0) is 41.3 Å². The van der Waals surface area contributed by atoms with Crippen LogP contribution in [0, 0.1) is 0 Å². The SMILES string of the molecule is COc1ccc(Br)c(C2N(C(C)=O)c3ccccc3-c3c(=O)[nH]c(SC)n[n+]32)c1.